The number of aliphatic hydroxyl groups is 4. The second-order valence-electron chi connectivity index (χ2n) is 7.56. The second-order valence-corrected chi connectivity index (χ2v) is 7.56. The Bertz CT molecular complexity index is 833. The molecule has 0 aliphatic carbocycles. The van der Waals surface area contributed by atoms with E-state index in [1.54, 1.807) is 0 Å². The molecule has 1 saturated heterocycles. The summed E-state index contributed by atoms with van der Waals surface area (Å²) >= 11 is 0. The molecule has 1 fully saturated rings. The predicted molar refractivity (Wildman–Crippen MR) is 102 cm³/mol. The summed E-state index contributed by atoms with van der Waals surface area (Å²) in [6, 6.07) is 14.3. The molecule has 3 unspecified atom stereocenters. The van der Waals surface area contributed by atoms with Crippen LogP contribution in [0.5, 0.6) is 0 Å². The average molecular weight is 386 g/mol. The van der Waals surface area contributed by atoms with Crippen molar-refractivity contribution in [2.75, 3.05) is 6.61 Å². The Labute approximate surface area is 164 Å². The van der Waals surface area contributed by atoms with Crippen LogP contribution in [0.3, 0.4) is 0 Å². The molecule has 2 aliphatic rings. The number of fused-ring (bicyclic) bond motifs is 2. The largest absolute Gasteiger partial charge is 0.394 e. The highest BCUT2D eigenvalue weighted by Crippen LogP contribution is 2.46. The summed E-state index contributed by atoms with van der Waals surface area (Å²) in [7, 11) is 0. The lowest BCUT2D eigenvalue weighted by atomic mass is 9.86. The molecule has 0 radical (unpaired) electrons. The zero-order chi connectivity index (χ0) is 19.9. The van der Waals surface area contributed by atoms with E-state index >= 15 is 0 Å². The number of aryl methyl sites for hydroxylation is 1. The molecule has 0 amide bonds. The maximum Gasteiger partial charge on any atom is 0.225 e. The van der Waals surface area contributed by atoms with E-state index in [-0.39, 0.29) is 6.61 Å². The van der Waals surface area contributed by atoms with Crippen LogP contribution < -0.4 is 0 Å². The van der Waals surface area contributed by atoms with Crippen LogP contribution in [0.15, 0.2) is 42.5 Å². The molecule has 0 saturated carbocycles. The Morgan fingerprint density at radius 3 is 2.32 bits per heavy atom. The zero-order valence-corrected chi connectivity index (χ0v) is 15.8. The maximum absolute atomic E-state index is 10.7. The Kier molecular flexibility index (Phi) is 5.26. The molecular weight excluding hydrogens is 360 g/mol. The summed E-state index contributed by atoms with van der Waals surface area (Å²) in [5.41, 5.74) is 4.95. The summed E-state index contributed by atoms with van der Waals surface area (Å²) in [5.74, 6) is -1.59. The van der Waals surface area contributed by atoms with Gasteiger partial charge in [0.15, 0.2) is 0 Å². The van der Waals surface area contributed by atoms with Crippen molar-refractivity contribution in [2.24, 2.45) is 0 Å². The molecule has 2 aromatic rings. The SMILES string of the molecule is CCc1ccc(Cc2ccc3c(c2)[C@@]2(OC3)OC(CO)[C@@H](O)C(O)C2O)cc1. The number of benzene rings is 2. The van der Waals surface area contributed by atoms with Crippen LogP contribution in [0.25, 0.3) is 0 Å². The molecule has 6 heteroatoms. The van der Waals surface area contributed by atoms with Crippen LogP contribution in [-0.4, -0.2) is 51.4 Å². The molecule has 5 atom stereocenters. The van der Waals surface area contributed by atoms with Gasteiger partial charge in [0.25, 0.3) is 0 Å². The first-order valence-electron chi connectivity index (χ1n) is 9.65. The lowest BCUT2D eigenvalue weighted by molar-refractivity contribution is -0.368. The molecular formula is C22H26O6. The van der Waals surface area contributed by atoms with Crippen molar-refractivity contribution in [1.29, 1.82) is 0 Å². The molecule has 4 N–H and O–H groups in total. The Balaban J connectivity index is 1.66. The Hall–Kier alpha value is -1.80. The smallest absolute Gasteiger partial charge is 0.225 e. The van der Waals surface area contributed by atoms with Crippen LogP contribution >= 0.6 is 0 Å². The van der Waals surface area contributed by atoms with E-state index in [0.29, 0.717) is 12.0 Å². The van der Waals surface area contributed by atoms with E-state index in [0.717, 1.165) is 17.5 Å². The van der Waals surface area contributed by atoms with Crippen molar-refractivity contribution in [3.05, 3.63) is 70.3 Å². The van der Waals surface area contributed by atoms with Crippen molar-refractivity contribution in [2.45, 2.75) is 56.6 Å². The first kappa shape index (κ1) is 19.5. The molecule has 150 valence electrons. The molecule has 6 nitrogen and oxygen atoms in total. The highest BCUT2D eigenvalue weighted by molar-refractivity contribution is 5.41. The minimum atomic E-state index is -1.59. The number of ether oxygens (including phenoxy) is 2. The molecule has 0 bridgehead atoms. The first-order chi connectivity index (χ1) is 13.5. The van der Waals surface area contributed by atoms with E-state index in [1.807, 2.05) is 18.2 Å². The normalized spacial score (nSPS) is 31.9. The van der Waals surface area contributed by atoms with Crippen LogP contribution in [0.2, 0.25) is 0 Å². The molecule has 28 heavy (non-hydrogen) atoms. The van der Waals surface area contributed by atoms with Crippen molar-refractivity contribution in [3.63, 3.8) is 0 Å². The fourth-order valence-corrected chi connectivity index (χ4v) is 4.06. The van der Waals surface area contributed by atoms with Crippen LogP contribution in [0.4, 0.5) is 0 Å². The monoisotopic (exact) mass is 386 g/mol. The fourth-order valence-electron chi connectivity index (χ4n) is 4.06. The third-order valence-electron chi connectivity index (χ3n) is 5.78. The van der Waals surface area contributed by atoms with Gasteiger partial charge in [0, 0.05) is 5.56 Å². The summed E-state index contributed by atoms with van der Waals surface area (Å²) in [4.78, 5) is 0. The van der Waals surface area contributed by atoms with Crippen molar-refractivity contribution in [1.82, 2.24) is 0 Å². The molecule has 4 rings (SSSR count). The maximum atomic E-state index is 10.7. The van der Waals surface area contributed by atoms with Gasteiger partial charge in [-0.2, -0.15) is 0 Å². The van der Waals surface area contributed by atoms with Gasteiger partial charge >= 0.3 is 0 Å². The number of hydrogen-bond donors (Lipinski definition) is 4. The Morgan fingerprint density at radius 1 is 0.964 bits per heavy atom. The van der Waals surface area contributed by atoms with Crippen molar-refractivity contribution in [3.8, 4) is 0 Å². The van der Waals surface area contributed by atoms with Gasteiger partial charge in [0.1, 0.15) is 24.4 Å². The predicted octanol–water partition coefficient (Wildman–Crippen LogP) is 0.997. The summed E-state index contributed by atoms with van der Waals surface area (Å²) < 4.78 is 11.6. The van der Waals surface area contributed by atoms with E-state index < -0.39 is 36.8 Å². The number of rotatable bonds is 4. The second kappa shape index (κ2) is 7.55. The molecule has 2 aliphatic heterocycles. The van der Waals surface area contributed by atoms with E-state index in [2.05, 4.69) is 31.2 Å². The molecule has 2 heterocycles. The van der Waals surface area contributed by atoms with Gasteiger partial charge in [-0.25, -0.2) is 0 Å². The number of hydrogen-bond acceptors (Lipinski definition) is 6. The summed E-state index contributed by atoms with van der Waals surface area (Å²) in [6.07, 6.45) is -3.69. The van der Waals surface area contributed by atoms with Crippen LogP contribution in [0, 0.1) is 0 Å². The van der Waals surface area contributed by atoms with E-state index in [4.69, 9.17) is 9.47 Å². The van der Waals surface area contributed by atoms with E-state index in [1.165, 1.54) is 11.1 Å². The molecule has 1 spiro atoms. The summed E-state index contributed by atoms with van der Waals surface area (Å²) in [5, 5.41) is 40.5. The molecule has 0 aromatic heterocycles. The zero-order valence-electron chi connectivity index (χ0n) is 15.8. The topological polar surface area (TPSA) is 99.4 Å². The quantitative estimate of drug-likeness (QED) is 0.626. The lowest BCUT2D eigenvalue weighted by Crippen LogP contribution is -2.63. The van der Waals surface area contributed by atoms with Gasteiger partial charge < -0.3 is 29.9 Å². The lowest BCUT2D eigenvalue weighted by Gasteiger charge is -2.46. The van der Waals surface area contributed by atoms with Gasteiger partial charge in [-0.05, 0) is 41.2 Å². The average Bonchev–Trinajstić information content (AvgIpc) is 3.08. The van der Waals surface area contributed by atoms with Crippen molar-refractivity contribution < 1.29 is 29.9 Å². The van der Waals surface area contributed by atoms with Gasteiger partial charge in [-0.3, -0.25) is 0 Å². The summed E-state index contributed by atoms with van der Waals surface area (Å²) in [6.45, 7) is 1.85. The number of aliphatic hydroxyl groups excluding tert-OH is 4. The minimum Gasteiger partial charge on any atom is -0.394 e. The van der Waals surface area contributed by atoms with Gasteiger partial charge in [0.2, 0.25) is 5.79 Å². The van der Waals surface area contributed by atoms with Crippen LogP contribution in [-0.2, 0) is 34.7 Å². The van der Waals surface area contributed by atoms with Crippen molar-refractivity contribution >= 4 is 0 Å². The minimum absolute atomic E-state index is 0.221. The third kappa shape index (κ3) is 3.16. The van der Waals surface area contributed by atoms with Gasteiger partial charge in [-0.1, -0.05) is 43.3 Å². The van der Waals surface area contributed by atoms with Gasteiger partial charge in [0.05, 0.1) is 13.2 Å². The Morgan fingerprint density at radius 2 is 1.64 bits per heavy atom. The van der Waals surface area contributed by atoms with Crippen LogP contribution in [0.1, 0.15) is 34.7 Å². The molecule has 2 aromatic carbocycles. The first-order valence-corrected chi connectivity index (χ1v) is 9.65. The standard InChI is InChI=1S/C22H26O6/c1-2-13-3-5-14(6-4-13)9-15-7-8-16-12-27-22(17(16)10-15)21(26)20(25)19(24)18(11-23)28-22/h3-8,10,18-21,23-26H,2,9,11-12H2,1H3/t18?,19-,20?,21?,22-/m1/s1. The highest BCUT2D eigenvalue weighted by Gasteiger charge is 2.58. The van der Waals surface area contributed by atoms with E-state index in [9.17, 15) is 20.4 Å². The van der Waals surface area contributed by atoms with Gasteiger partial charge in [-0.15, -0.1) is 0 Å². The third-order valence-corrected chi connectivity index (χ3v) is 5.78. The highest BCUT2D eigenvalue weighted by atomic mass is 16.7. The fraction of sp³-hybridized carbons (Fsp3) is 0.455.